The maximum Gasteiger partial charge on any atom is 0.341 e. The number of carboxylic acid groups (broad SMARTS) is 1. The predicted molar refractivity (Wildman–Crippen MR) is 99.9 cm³/mol. The third-order valence-electron chi connectivity index (χ3n) is 6.47. The first-order chi connectivity index (χ1) is 12.9. The highest BCUT2D eigenvalue weighted by atomic mass is 19.1. The SMILES string of the molecule is N[C@H]1C[C@@]12CCCN(c1cc3c(cc1F)c(=O)c(C(=O)O)cn3C1CC1)C2. The Kier molecular flexibility index (Phi) is 3.44. The second-order valence-electron chi connectivity index (χ2n) is 8.33. The van der Waals surface area contributed by atoms with Gasteiger partial charge in [0.1, 0.15) is 11.4 Å². The smallest absolute Gasteiger partial charge is 0.341 e. The second kappa shape index (κ2) is 5.55. The summed E-state index contributed by atoms with van der Waals surface area (Å²) in [5.41, 5.74) is 6.39. The molecule has 1 saturated heterocycles. The van der Waals surface area contributed by atoms with Gasteiger partial charge in [0.05, 0.1) is 11.2 Å². The molecular weight excluding hydrogens is 349 g/mol. The van der Waals surface area contributed by atoms with Crippen molar-refractivity contribution in [2.75, 3.05) is 18.0 Å². The fourth-order valence-corrected chi connectivity index (χ4v) is 4.62. The maximum absolute atomic E-state index is 15.0. The first kappa shape index (κ1) is 16.7. The summed E-state index contributed by atoms with van der Waals surface area (Å²) in [5.74, 6) is -1.75. The monoisotopic (exact) mass is 371 g/mol. The van der Waals surface area contributed by atoms with E-state index in [1.807, 2.05) is 9.47 Å². The van der Waals surface area contributed by atoms with E-state index in [9.17, 15) is 19.1 Å². The van der Waals surface area contributed by atoms with Crippen LogP contribution in [0.1, 0.15) is 48.5 Å². The van der Waals surface area contributed by atoms with Crippen molar-refractivity contribution in [1.82, 2.24) is 4.57 Å². The van der Waals surface area contributed by atoms with Crippen LogP contribution in [0.4, 0.5) is 10.1 Å². The van der Waals surface area contributed by atoms with Gasteiger partial charge in [-0.2, -0.15) is 0 Å². The van der Waals surface area contributed by atoms with Gasteiger partial charge < -0.3 is 20.3 Å². The molecule has 1 aromatic carbocycles. The number of aromatic nitrogens is 1. The van der Waals surface area contributed by atoms with Crippen LogP contribution in [0.25, 0.3) is 10.9 Å². The molecule has 3 N–H and O–H groups in total. The number of nitrogens with zero attached hydrogens (tertiary/aromatic N) is 2. The lowest BCUT2D eigenvalue weighted by Gasteiger charge is -2.35. The largest absolute Gasteiger partial charge is 0.477 e. The topological polar surface area (TPSA) is 88.6 Å². The summed E-state index contributed by atoms with van der Waals surface area (Å²) in [7, 11) is 0. The Morgan fingerprint density at radius 2 is 2.07 bits per heavy atom. The number of halogens is 1. The molecule has 7 heteroatoms. The number of hydrogen-bond donors (Lipinski definition) is 2. The van der Waals surface area contributed by atoms with E-state index in [4.69, 9.17) is 5.73 Å². The van der Waals surface area contributed by atoms with Gasteiger partial charge in [0, 0.05) is 42.2 Å². The van der Waals surface area contributed by atoms with Crippen LogP contribution in [0.3, 0.4) is 0 Å². The van der Waals surface area contributed by atoms with Crippen LogP contribution in [-0.4, -0.2) is 34.8 Å². The van der Waals surface area contributed by atoms with Crippen LogP contribution in [-0.2, 0) is 0 Å². The number of benzene rings is 1. The lowest BCUT2D eigenvalue weighted by molar-refractivity contribution is 0.0695. The number of piperidine rings is 1. The highest BCUT2D eigenvalue weighted by Crippen LogP contribution is 2.51. The summed E-state index contributed by atoms with van der Waals surface area (Å²) in [5, 5.41) is 9.48. The zero-order chi connectivity index (χ0) is 18.9. The molecule has 3 aliphatic rings. The van der Waals surface area contributed by atoms with Crippen LogP contribution >= 0.6 is 0 Å². The van der Waals surface area contributed by atoms with Gasteiger partial charge in [0.2, 0.25) is 5.43 Å². The Labute approximate surface area is 155 Å². The molecule has 1 spiro atoms. The number of nitrogens with two attached hydrogens (primary N) is 1. The number of rotatable bonds is 3. The standard InChI is InChI=1S/C20H22FN3O3/c21-14-6-12-15(24(11-2-3-11)9-13(18(12)25)19(26)27)7-16(14)23-5-1-4-20(10-23)8-17(20)22/h6-7,9,11,17H,1-5,8,10,22H2,(H,26,27)/t17-,20+/m0/s1. The molecule has 0 bridgehead atoms. The Morgan fingerprint density at radius 1 is 1.33 bits per heavy atom. The number of aromatic carboxylic acids is 1. The third-order valence-corrected chi connectivity index (χ3v) is 6.47. The molecule has 2 saturated carbocycles. The van der Waals surface area contributed by atoms with Crippen molar-refractivity contribution in [3.63, 3.8) is 0 Å². The van der Waals surface area contributed by atoms with Crippen LogP contribution in [0, 0.1) is 11.2 Å². The first-order valence-electron chi connectivity index (χ1n) is 9.52. The molecule has 1 aromatic heterocycles. The lowest BCUT2D eigenvalue weighted by Crippen LogP contribution is -2.39. The van der Waals surface area contributed by atoms with Crippen LogP contribution in [0.5, 0.6) is 0 Å². The van der Waals surface area contributed by atoms with E-state index >= 15 is 0 Å². The minimum absolute atomic E-state index is 0.100. The van der Waals surface area contributed by atoms with Gasteiger partial charge in [-0.3, -0.25) is 4.79 Å². The zero-order valence-corrected chi connectivity index (χ0v) is 14.9. The number of carbonyl (C=O) groups is 1. The molecule has 2 aromatic rings. The van der Waals surface area contributed by atoms with E-state index in [1.165, 1.54) is 12.3 Å². The number of fused-ring (bicyclic) bond motifs is 1. The van der Waals surface area contributed by atoms with Crippen molar-refractivity contribution in [2.45, 2.75) is 44.2 Å². The molecule has 6 nitrogen and oxygen atoms in total. The average Bonchev–Trinajstić information content (AvgIpc) is 3.55. The molecule has 1 aliphatic heterocycles. The summed E-state index contributed by atoms with van der Waals surface area (Å²) in [6.07, 6.45) is 6.32. The summed E-state index contributed by atoms with van der Waals surface area (Å²) < 4.78 is 16.8. The highest BCUT2D eigenvalue weighted by Gasteiger charge is 2.53. The second-order valence-corrected chi connectivity index (χ2v) is 8.33. The highest BCUT2D eigenvalue weighted by molar-refractivity contribution is 5.93. The summed E-state index contributed by atoms with van der Waals surface area (Å²) in [6.45, 7) is 1.50. The van der Waals surface area contributed by atoms with Gasteiger partial charge in [-0.05, 0) is 44.2 Å². The van der Waals surface area contributed by atoms with Gasteiger partial charge in [-0.25, -0.2) is 9.18 Å². The minimum Gasteiger partial charge on any atom is -0.477 e. The Balaban J connectivity index is 1.66. The number of anilines is 1. The third kappa shape index (κ3) is 2.56. The van der Waals surface area contributed by atoms with Crippen LogP contribution in [0.2, 0.25) is 0 Å². The van der Waals surface area contributed by atoms with E-state index in [0.717, 1.165) is 45.2 Å². The van der Waals surface area contributed by atoms with E-state index in [-0.39, 0.29) is 28.4 Å². The fourth-order valence-electron chi connectivity index (χ4n) is 4.62. The Morgan fingerprint density at radius 3 is 2.70 bits per heavy atom. The van der Waals surface area contributed by atoms with Crippen molar-refractivity contribution in [3.8, 4) is 0 Å². The molecule has 0 radical (unpaired) electrons. The van der Waals surface area contributed by atoms with Crippen LogP contribution < -0.4 is 16.1 Å². The molecule has 5 rings (SSSR count). The number of carboxylic acids is 1. The first-order valence-corrected chi connectivity index (χ1v) is 9.52. The van der Waals surface area contributed by atoms with Crippen molar-refractivity contribution < 1.29 is 14.3 Å². The summed E-state index contributed by atoms with van der Waals surface area (Å²) in [4.78, 5) is 26.1. The Bertz CT molecular complexity index is 1030. The minimum atomic E-state index is -1.28. The van der Waals surface area contributed by atoms with Gasteiger partial charge in [0.15, 0.2) is 0 Å². The summed E-state index contributed by atoms with van der Waals surface area (Å²) in [6, 6.07) is 3.30. The van der Waals surface area contributed by atoms with Crippen LogP contribution in [0.15, 0.2) is 23.1 Å². The van der Waals surface area contributed by atoms with Gasteiger partial charge >= 0.3 is 5.97 Å². The normalized spacial score (nSPS) is 27.3. The van der Waals surface area contributed by atoms with E-state index in [1.54, 1.807) is 6.07 Å². The predicted octanol–water partition coefficient (Wildman–Crippen LogP) is 2.49. The molecule has 0 unspecified atom stereocenters. The lowest BCUT2D eigenvalue weighted by atomic mass is 9.93. The van der Waals surface area contributed by atoms with E-state index in [0.29, 0.717) is 11.2 Å². The molecular formula is C20H22FN3O3. The molecule has 2 heterocycles. The summed E-state index contributed by atoms with van der Waals surface area (Å²) >= 11 is 0. The van der Waals surface area contributed by atoms with Crippen molar-refractivity contribution >= 4 is 22.6 Å². The average molecular weight is 371 g/mol. The molecule has 27 heavy (non-hydrogen) atoms. The van der Waals surface area contributed by atoms with Gasteiger partial charge in [-0.15, -0.1) is 0 Å². The molecule has 2 aliphatic carbocycles. The van der Waals surface area contributed by atoms with Crippen molar-refractivity contribution in [2.24, 2.45) is 11.1 Å². The van der Waals surface area contributed by atoms with E-state index in [2.05, 4.69) is 0 Å². The molecule has 142 valence electrons. The van der Waals surface area contributed by atoms with Gasteiger partial charge in [-0.1, -0.05) is 0 Å². The number of hydrogen-bond acceptors (Lipinski definition) is 4. The molecule has 0 amide bonds. The number of pyridine rings is 1. The Hall–Kier alpha value is -2.41. The maximum atomic E-state index is 15.0. The van der Waals surface area contributed by atoms with Crippen molar-refractivity contribution in [1.29, 1.82) is 0 Å². The fraction of sp³-hybridized carbons (Fsp3) is 0.500. The molecule has 3 fully saturated rings. The van der Waals surface area contributed by atoms with Crippen molar-refractivity contribution in [3.05, 3.63) is 39.9 Å². The molecule has 2 atom stereocenters. The zero-order valence-electron chi connectivity index (χ0n) is 14.9. The quantitative estimate of drug-likeness (QED) is 0.865. The van der Waals surface area contributed by atoms with E-state index < -0.39 is 17.2 Å². The van der Waals surface area contributed by atoms with Gasteiger partial charge in [0.25, 0.3) is 0 Å².